The van der Waals surface area contributed by atoms with E-state index in [1.165, 1.54) is 5.56 Å². The molecular formula is C24H27N3O2. The lowest BCUT2D eigenvalue weighted by Gasteiger charge is -2.13. The number of hydrogen-bond acceptors (Lipinski definition) is 2. The van der Waals surface area contributed by atoms with Gasteiger partial charge in [-0.1, -0.05) is 38.1 Å². The van der Waals surface area contributed by atoms with Crippen molar-refractivity contribution in [3.05, 3.63) is 88.2 Å². The van der Waals surface area contributed by atoms with E-state index < -0.39 is 5.91 Å². The van der Waals surface area contributed by atoms with Crippen molar-refractivity contribution >= 4 is 11.8 Å². The SMILES string of the molecule is Cc1cc(C(=O)NCc2cccc(C(N)=O)c2)c(C)n1-c1cccc(C(C)C)c1. The molecule has 0 aliphatic carbocycles. The normalized spacial score (nSPS) is 10.9. The standard InChI is InChI=1S/C24H27N3O2/c1-15(2)19-8-6-10-21(13-19)27-16(3)11-22(17(27)4)24(29)26-14-18-7-5-9-20(12-18)23(25)28/h5-13,15H,14H2,1-4H3,(H2,25,28)(H,26,29). The second-order valence-corrected chi connectivity index (χ2v) is 7.62. The van der Waals surface area contributed by atoms with E-state index in [4.69, 9.17) is 5.73 Å². The predicted octanol–water partition coefficient (Wildman–Crippen LogP) is 4.25. The van der Waals surface area contributed by atoms with Crippen molar-refractivity contribution in [3.8, 4) is 5.69 Å². The number of aromatic nitrogens is 1. The summed E-state index contributed by atoms with van der Waals surface area (Å²) in [5, 5.41) is 2.94. The fraction of sp³-hybridized carbons (Fsp3) is 0.250. The van der Waals surface area contributed by atoms with Crippen molar-refractivity contribution in [1.29, 1.82) is 0 Å². The zero-order valence-electron chi connectivity index (χ0n) is 17.3. The molecular weight excluding hydrogens is 362 g/mol. The van der Waals surface area contributed by atoms with E-state index in [0.717, 1.165) is 22.6 Å². The highest BCUT2D eigenvalue weighted by Gasteiger charge is 2.17. The van der Waals surface area contributed by atoms with Crippen LogP contribution >= 0.6 is 0 Å². The maximum absolute atomic E-state index is 12.8. The van der Waals surface area contributed by atoms with Crippen molar-refractivity contribution < 1.29 is 9.59 Å². The van der Waals surface area contributed by atoms with Crippen molar-refractivity contribution in [3.63, 3.8) is 0 Å². The predicted molar refractivity (Wildman–Crippen MR) is 115 cm³/mol. The number of carbonyl (C=O) groups is 2. The van der Waals surface area contributed by atoms with Crippen molar-refractivity contribution in [1.82, 2.24) is 9.88 Å². The molecule has 0 radical (unpaired) electrons. The molecule has 150 valence electrons. The van der Waals surface area contributed by atoms with Crippen LogP contribution in [0.25, 0.3) is 5.69 Å². The minimum absolute atomic E-state index is 0.145. The van der Waals surface area contributed by atoms with E-state index in [1.807, 2.05) is 26.0 Å². The van der Waals surface area contributed by atoms with Gasteiger partial charge in [0.25, 0.3) is 5.91 Å². The number of nitrogens with two attached hydrogens (primary N) is 1. The summed E-state index contributed by atoms with van der Waals surface area (Å²) in [6, 6.07) is 17.3. The number of nitrogens with one attached hydrogen (secondary N) is 1. The van der Waals surface area contributed by atoms with E-state index in [-0.39, 0.29) is 5.91 Å². The number of primary amides is 1. The van der Waals surface area contributed by atoms with Crippen LogP contribution in [-0.4, -0.2) is 16.4 Å². The topological polar surface area (TPSA) is 77.1 Å². The number of benzene rings is 2. The van der Waals surface area contributed by atoms with Crippen LogP contribution < -0.4 is 11.1 Å². The van der Waals surface area contributed by atoms with Gasteiger partial charge in [-0.2, -0.15) is 0 Å². The third kappa shape index (κ3) is 4.40. The van der Waals surface area contributed by atoms with Gasteiger partial charge in [0.1, 0.15) is 0 Å². The van der Waals surface area contributed by atoms with Gasteiger partial charge < -0.3 is 15.6 Å². The Hall–Kier alpha value is -3.34. The number of nitrogens with zero attached hydrogens (tertiary/aromatic N) is 1. The Balaban J connectivity index is 1.82. The lowest BCUT2D eigenvalue weighted by atomic mass is 10.0. The molecule has 0 bridgehead atoms. The molecule has 29 heavy (non-hydrogen) atoms. The number of carbonyl (C=O) groups excluding carboxylic acids is 2. The van der Waals surface area contributed by atoms with Crippen LogP contribution in [0.2, 0.25) is 0 Å². The molecule has 1 aromatic heterocycles. The largest absolute Gasteiger partial charge is 0.366 e. The first kappa shape index (κ1) is 20.4. The summed E-state index contributed by atoms with van der Waals surface area (Å²) in [5.41, 5.74) is 11.4. The number of rotatable bonds is 6. The maximum Gasteiger partial charge on any atom is 0.253 e. The molecule has 0 fully saturated rings. The van der Waals surface area contributed by atoms with Gasteiger partial charge in [0.05, 0.1) is 5.56 Å². The smallest absolute Gasteiger partial charge is 0.253 e. The van der Waals surface area contributed by atoms with Gasteiger partial charge in [-0.15, -0.1) is 0 Å². The summed E-state index contributed by atoms with van der Waals surface area (Å²) in [7, 11) is 0. The Bertz CT molecular complexity index is 1060. The summed E-state index contributed by atoms with van der Waals surface area (Å²) in [6.45, 7) is 8.62. The van der Waals surface area contributed by atoms with Crippen LogP contribution in [0.4, 0.5) is 0 Å². The van der Waals surface area contributed by atoms with E-state index in [9.17, 15) is 9.59 Å². The molecule has 0 atom stereocenters. The Morgan fingerprint density at radius 3 is 2.45 bits per heavy atom. The summed E-state index contributed by atoms with van der Waals surface area (Å²) in [4.78, 5) is 24.1. The average Bonchev–Trinajstić information content (AvgIpc) is 3.00. The van der Waals surface area contributed by atoms with Crippen LogP contribution in [0.3, 0.4) is 0 Å². The fourth-order valence-electron chi connectivity index (χ4n) is 3.53. The third-order valence-electron chi connectivity index (χ3n) is 5.14. The number of amides is 2. The first-order valence-electron chi connectivity index (χ1n) is 9.74. The monoisotopic (exact) mass is 389 g/mol. The first-order chi connectivity index (χ1) is 13.8. The zero-order chi connectivity index (χ0) is 21.1. The summed E-state index contributed by atoms with van der Waals surface area (Å²) >= 11 is 0. The molecule has 5 nitrogen and oxygen atoms in total. The molecule has 0 aliphatic rings. The van der Waals surface area contributed by atoms with Crippen LogP contribution in [0.5, 0.6) is 0 Å². The van der Waals surface area contributed by atoms with Gasteiger partial charge in [0.2, 0.25) is 5.91 Å². The average molecular weight is 389 g/mol. The van der Waals surface area contributed by atoms with Gasteiger partial charge in [-0.05, 0) is 61.2 Å². The van der Waals surface area contributed by atoms with E-state index in [0.29, 0.717) is 23.6 Å². The van der Waals surface area contributed by atoms with Crippen LogP contribution in [0.15, 0.2) is 54.6 Å². The molecule has 0 saturated heterocycles. The van der Waals surface area contributed by atoms with Gasteiger partial charge >= 0.3 is 0 Å². The van der Waals surface area contributed by atoms with Crippen molar-refractivity contribution in [2.45, 2.75) is 40.2 Å². The molecule has 1 heterocycles. The highest BCUT2D eigenvalue weighted by molar-refractivity contribution is 5.96. The molecule has 3 aromatic rings. The van der Waals surface area contributed by atoms with Gasteiger partial charge in [0.15, 0.2) is 0 Å². The lowest BCUT2D eigenvalue weighted by molar-refractivity contribution is 0.0949. The van der Waals surface area contributed by atoms with Crippen LogP contribution in [-0.2, 0) is 6.54 Å². The Morgan fingerprint density at radius 2 is 1.76 bits per heavy atom. The van der Waals surface area contributed by atoms with Gasteiger partial charge in [-0.25, -0.2) is 0 Å². The van der Waals surface area contributed by atoms with E-state index in [1.54, 1.807) is 18.2 Å². The van der Waals surface area contributed by atoms with Gasteiger partial charge in [0, 0.05) is 29.2 Å². The summed E-state index contributed by atoms with van der Waals surface area (Å²) in [6.07, 6.45) is 0. The van der Waals surface area contributed by atoms with E-state index >= 15 is 0 Å². The van der Waals surface area contributed by atoms with Crippen LogP contribution in [0, 0.1) is 13.8 Å². The highest BCUT2D eigenvalue weighted by atomic mass is 16.2. The molecule has 0 aliphatic heterocycles. The second kappa shape index (κ2) is 8.35. The molecule has 3 N–H and O–H groups in total. The lowest BCUT2D eigenvalue weighted by Crippen LogP contribution is -2.23. The number of hydrogen-bond donors (Lipinski definition) is 2. The van der Waals surface area contributed by atoms with Crippen molar-refractivity contribution in [2.75, 3.05) is 0 Å². The molecule has 5 heteroatoms. The molecule has 3 rings (SSSR count). The summed E-state index contributed by atoms with van der Waals surface area (Å²) in [5.74, 6) is -0.191. The first-order valence-corrected chi connectivity index (χ1v) is 9.74. The second-order valence-electron chi connectivity index (χ2n) is 7.62. The summed E-state index contributed by atoms with van der Waals surface area (Å²) < 4.78 is 2.11. The zero-order valence-corrected chi connectivity index (χ0v) is 17.3. The Morgan fingerprint density at radius 1 is 1.03 bits per heavy atom. The Kier molecular flexibility index (Phi) is 5.87. The minimum atomic E-state index is -0.481. The van der Waals surface area contributed by atoms with Gasteiger partial charge in [-0.3, -0.25) is 9.59 Å². The quantitative estimate of drug-likeness (QED) is 0.661. The molecule has 0 saturated carbocycles. The highest BCUT2D eigenvalue weighted by Crippen LogP contribution is 2.24. The third-order valence-corrected chi connectivity index (χ3v) is 5.14. The Labute approximate surface area is 171 Å². The number of aryl methyl sites for hydroxylation is 1. The molecule has 0 spiro atoms. The van der Waals surface area contributed by atoms with Crippen molar-refractivity contribution in [2.24, 2.45) is 5.73 Å². The molecule has 2 amide bonds. The minimum Gasteiger partial charge on any atom is -0.366 e. The van der Waals surface area contributed by atoms with E-state index in [2.05, 4.69) is 48.0 Å². The van der Waals surface area contributed by atoms with Crippen LogP contribution in [0.1, 0.15) is 63.0 Å². The molecule has 0 unspecified atom stereocenters. The fourth-order valence-corrected chi connectivity index (χ4v) is 3.53. The maximum atomic E-state index is 12.8. The molecule has 2 aromatic carbocycles.